The molecule has 31 heavy (non-hydrogen) atoms. The Morgan fingerprint density at radius 3 is 2.35 bits per heavy atom. The highest BCUT2D eigenvalue weighted by atomic mass is 32.2. The SMILES string of the molecule is CCOC(=O)c1ccccc1NC(=O)C1CCN(S(=O)(=O)c2ccc(SC)cc2)CC1. The van der Waals surface area contributed by atoms with Crippen molar-refractivity contribution in [3.63, 3.8) is 0 Å². The molecule has 1 aliphatic heterocycles. The number of carbonyl (C=O) groups is 2. The summed E-state index contributed by atoms with van der Waals surface area (Å²) in [6, 6.07) is 13.5. The van der Waals surface area contributed by atoms with Crippen LogP contribution in [0.3, 0.4) is 0 Å². The Balaban J connectivity index is 1.63. The fourth-order valence-electron chi connectivity index (χ4n) is 3.47. The number of para-hydroxylation sites is 1. The van der Waals surface area contributed by atoms with Crippen LogP contribution in [0, 0.1) is 5.92 Å². The van der Waals surface area contributed by atoms with Gasteiger partial charge in [0.05, 0.1) is 22.8 Å². The number of hydrogen-bond donors (Lipinski definition) is 1. The number of carbonyl (C=O) groups excluding carboxylic acids is 2. The van der Waals surface area contributed by atoms with Gasteiger partial charge < -0.3 is 10.1 Å². The van der Waals surface area contributed by atoms with E-state index in [1.54, 1.807) is 67.2 Å². The molecule has 1 N–H and O–H groups in total. The lowest BCUT2D eigenvalue weighted by Gasteiger charge is -2.30. The lowest BCUT2D eigenvalue weighted by atomic mass is 9.97. The minimum atomic E-state index is -3.59. The van der Waals surface area contributed by atoms with E-state index in [9.17, 15) is 18.0 Å². The quantitative estimate of drug-likeness (QED) is 0.499. The molecule has 0 unspecified atom stereocenters. The Labute approximate surface area is 187 Å². The second-order valence-electron chi connectivity index (χ2n) is 7.11. The summed E-state index contributed by atoms with van der Waals surface area (Å²) in [4.78, 5) is 26.1. The van der Waals surface area contributed by atoms with Crippen LogP contribution in [-0.2, 0) is 19.6 Å². The summed E-state index contributed by atoms with van der Waals surface area (Å²) >= 11 is 1.55. The van der Waals surface area contributed by atoms with Gasteiger partial charge in [0.2, 0.25) is 15.9 Å². The smallest absolute Gasteiger partial charge is 0.340 e. The lowest BCUT2D eigenvalue weighted by molar-refractivity contribution is -0.120. The zero-order valence-corrected chi connectivity index (χ0v) is 19.2. The van der Waals surface area contributed by atoms with Crippen LogP contribution in [0.25, 0.3) is 0 Å². The molecule has 0 saturated carbocycles. The zero-order valence-electron chi connectivity index (χ0n) is 17.5. The number of nitrogens with one attached hydrogen (secondary N) is 1. The number of anilines is 1. The maximum Gasteiger partial charge on any atom is 0.340 e. The fraction of sp³-hybridized carbons (Fsp3) is 0.364. The average molecular weight is 463 g/mol. The standard InChI is InChI=1S/C22H26N2O5S2/c1-3-29-22(26)19-6-4-5-7-20(19)23-21(25)16-12-14-24(15-13-16)31(27,28)18-10-8-17(30-2)9-11-18/h4-11,16H,3,12-15H2,1-2H3,(H,23,25). The molecule has 0 atom stereocenters. The van der Waals surface area contributed by atoms with Crippen molar-refractivity contribution in [1.82, 2.24) is 4.31 Å². The Morgan fingerprint density at radius 1 is 1.10 bits per heavy atom. The van der Waals surface area contributed by atoms with Gasteiger partial charge >= 0.3 is 5.97 Å². The highest BCUT2D eigenvalue weighted by Gasteiger charge is 2.32. The molecule has 1 aliphatic rings. The van der Waals surface area contributed by atoms with E-state index in [1.165, 1.54) is 4.31 Å². The molecule has 1 amide bonds. The largest absolute Gasteiger partial charge is 0.462 e. The van der Waals surface area contributed by atoms with Gasteiger partial charge in [0.25, 0.3) is 0 Å². The molecule has 0 bridgehead atoms. The number of benzene rings is 2. The molecule has 9 heteroatoms. The maximum atomic E-state index is 12.9. The van der Waals surface area contributed by atoms with Crippen molar-refractivity contribution in [3.8, 4) is 0 Å². The van der Waals surface area contributed by atoms with Crippen molar-refractivity contribution < 1.29 is 22.7 Å². The van der Waals surface area contributed by atoms with Gasteiger partial charge in [0, 0.05) is 23.9 Å². The highest BCUT2D eigenvalue weighted by Crippen LogP contribution is 2.27. The number of rotatable bonds is 7. The van der Waals surface area contributed by atoms with Crippen LogP contribution in [0.4, 0.5) is 5.69 Å². The Kier molecular flexibility index (Phi) is 7.74. The van der Waals surface area contributed by atoms with Crippen LogP contribution in [0.2, 0.25) is 0 Å². The number of piperidine rings is 1. The Hall–Kier alpha value is -2.36. The monoisotopic (exact) mass is 462 g/mol. The summed E-state index contributed by atoms with van der Waals surface area (Å²) < 4.78 is 32.3. The van der Waals surface area contributed by atoms with Gasteiger partial charge in [0.1, 0.15) is 0 Å². The predicted molar refractivity (Wildman–Crippen MR) is 121 cm³/mol. The first-order chi connectivity index (χ1) is 14.9. The lowest BCUT2D eigenvalue weighted by Crippen LogP contribution is -2.41. The topological polar surface area (TPSA) is 92.8 Å². The van der Waals surface area contributed by atoms with Crippen LogP contribution in [-0.4, -0.2) is 50.6 Å². The van der Waals surface area contributed by atoms with Gasteiger partial charge in [-0.2, -0.15) is 4.31 Å². The number of hydrogen-bond acceptors (Lipinski definition) is 6. The van der Waals surface area contributed by atoms with Crippen molar-refractivity contribution >= 4 is 39.3 Å². The minimum Gasteiger partial charge on any atom is -0.462 e. The number of ether oxygens (including phenoxy) is 1. The number of sulfonamides is 1. The average Bonchev–Trinajstić information content (AvgIpc) is 2.79. The number of thioether (sulfide) groups is 1. The van der Waals surface area contributed by atoms with Crippen molar-refractivity contribution in [3.05, 3.63) is 54.1 Å². The van der Waals surface area contributed by atoms with Crippen molar-refractivity contribution in [2.45, 2.75) is 29.6 Å². The van der Waals surface area contributed by atoms with Crippen LogP contribution >= 0.6 is 11.8 Å². The molecule has 2 aromatic rings. The number of nitrogens with zero attached hydrogens (tertiary/aromatic N) is 1. The molecule has 0 aliphatic carbocycles. The van der Waals surface area contributed by atoms with E-state index in [0.29, 0.717) is 24.1 Å². The molecule has 1 fully saturated rings. The maximum absolute atomic E-state index is 12.9. The summed E-state index contributed by atoms with van der Waals surface area (Å²) in [6.07, 6.45) is 2.76. The molecule has 2 aromatic carbocycles. The van der Waals surface area contributed by atoms with Gasteiger partial charge in [-0.05, 0) is 62.4 Å². The Bertz CT molecular complexity index is 1030. The molecule has 0 radical (unpaired) electrons. The van der Waals surface area contributed by atoms with E-state index in [1.807, 2.05) is 6.26 Å². The van der Waals surface area contributed by atoms with Crippen LogP contribution in [0.15, 0.2) is 58.3 Å². The minimum absolute atomic E-state index is 0.224. The predicted octanol–water partition coefficient (Wildman–Crippen LogP) is 3.62. The van der Waals surface area contributed by atoms with E-state index in [4.69, 9.17) is 4.74 Å². The first kappa shape index (κ1) is 23.3. The molecule has 3 rings (SSSR count). The van der Waals surface area contributed by atoms with E-state index in [2.05, 4.69) is 5.32 Å². The second kappa shape index (κ2) is 10.3. The summed E-state index contributed by atoms with van der Waals surface area (Å²) in [6.45, 7) is 2.50. The normalized spacial score (nSPS) is 15.4. The summed E-state index contributed by atoms with van der Waals surface area (Å²) in [5.41, 5.74) is 0.696. The first-order valence-corrected chi connectivity index (χ1v) is 12.7. The van der Waals surface area contributed by atoms with Crippen LogP contribution in [0.5, 0.6) is 0 Å². The zero-order chi connectivity index (χ0) is 22.4. The first-order valence-electron chi connectivity index (χ1n) is 10.1. The molecule has 1 heterocycles. The Morgan fingerprint density at radius 2 is 1.74 bits per heavy atom. The van der Waals surface area contributed by atoms with Crippen molar-refractivity contribution in [1.29, 1.82) is 0 Å². The van der Waals surface area contributed by atoms with Gasteiger partial charge in [-0.25, -0.2) is 13.2 Å². The van der Waals surface area contributed by atoms with E-state index in [-0.39, 0.29) is 36.4 Å². The number of amides is 1. The van der Waals surface area contributed by atoms with Crippen molar-refractivity contribution in [2.24, 2.45) is 5.92 Å². The second-order valence-corrected chi connectivity index (χ2v) is 9.93. The van der Waals surface area contributed by atoms with E-state index >= 15 is 0 Å². The third-order valence-electron chi connectivity index (χ3n) is 5.20. The highest BCUT2D eigenvalue weighted by molar-refractivity contribution is 7.98. The molecular weight excluding hydrogens is 436 g/mol. The molecule has 1 saturated heterocycles. The molecule has 166 valence electrons. The number of esters is 1. The molecule has 0 spiro atoms. The van der Waals surface area contributed by atoms with Gasteiger partial charge in [-0.15, -0.1) is 11.8 Å². The van der Waals surface area contributed by atoms with Crippen LogP contribution in [0.1, 0.15) is 30.1 Å². The summed E-state index contributed by atoms with van der Waals surface area (Å²) in [5.74, 6) is -1.05. The third kappa shape index (κ3) is 5.47. The summed E-state index contributed by atoms with van der Waals surface area (Å²) in [7, 11) is -3.59. The van der Waals surface area contributed by atoms with Gasteiger partial charge in [-0.3, -0.25) is 4.79 Å². The van der Waals surface area contributed by atoms with E-state index < -0.39 is 16.0 Å². The van der Waals surface area contributed by atoms with Crippen molar-refractivity contribution in [2.75, 3.05) is 31.3 Å². The van der Waals surface area contributed by atoms with Gasteiger partial charge in [-0.1, -0.05) is 12.1 Å². The van der Waals surface area contributed by atoms with Gasteiger partial charge in [0.15, 0.2) is 0 Å². The third-order valence-corrected chi connectivity index (χ3v) is 7.86. The fourth-order valence-corrected chi connectivity index (χ4v) is 5.35. The van der Waals surface area contributed by atoms with E-state index in [0.717, 1.165) is 4.90 Å². The molecule has 0 aromatic heterocycles. The van der Waals surface area contributed by atoms with Crippen LogP contribution < -0.4 is 5.32 Å². The molecular formula is C22H26N2O5S2. The summed E-state index contributed by atoms with van der Waals surface area (Å²) in [5, 5.41) is 2.81. The molecule has 7 nitrogen and oxygen atoms in total.